The zero-order chi connectivity index (χ0) is 21.0. The van der Waals surface area contributed by atoms with Gasteiger partial charge >= 0.3 is 0 Å². The zero-order valence-electron chi connectivity index (χ0n) is 17.4. The van der Waals surface area contributed by atoms with Crippen molar-refractivity contribution >= 4 is 17.0 Å². The van der Waals surface area contributed by atoms with E-state index in [1.165, 1.54) is 4.88 Å². The summed E-state index contributed by atoms with van der Waals surface area (Å²) in [7, 11) is 0. The fraction of sp³-hybridized carbons (Fsp3) is 0.320. The van der Waals surface area contributed by atoms with Crippen LogP contribution in [0.1, 0.15) is 51.7 Å². The Balaban J connectivity index is 1.27. The molecule has 0 bridgehead atoms. The van der Waals surface area contributed by atoms with E-state index in [0.717, 1.165) is 72.7 Å². The summed E-state index contributed by atoms with van der Waals surface area (Å²) in [4.78, 5) is 29.7. The monoisotopic (exact) mass is 428 g/mol. The van der Waals surface area contributed by atoms with Gasteiger partial charge in [0.05, 0.1) is 21.8 Å². The molecule has 0 saturated heterocycles. The van der Waals surface area contributed by atoms with Crippen LogP contribution in [0.5, 0.6) is 0 Å². The number of benzene rings is 1. The molecule has 3 aromatic rings. The maximum absolute atomic E-state index is 12.8. The van der Waals surface area contributed by atoms with Crippen molar-refractivity contribution in [3.63, 3.8) is 0 Å². The van der Waals surface area contributed by atoms with Crippen molar-refractivity contribution in [2.75, 3.05) is 13.1 Å². The molecule has 2 aromatic heterocycles. The van der Waals surface area contributed by atoms with Crippen LogP contribution in [0.15, 0.2) is 52.3 Å². The average Bonchev–Trinajstić information content (AvgIpc) is 3.26. The van der Waals surface area contributed by atoms with Crippen molar-refractivity contribution in [3.8, 4) is 11.8 Å². The van der Waals surface area contributed by atoms with E-state index in [1.54, 1.807) is 11.3 Å². The Bertz CT molecular complexity index is 1230. The summed E-state index contributed by atoms with van der Waals surface area (Å²) in [6.45, 7) is 3.19. The lowest BCUT2D eigenvalue weighted by atomic mass is 10.1. The molecule has 0 unspecified atom stereocenters. The van der Waals surface area contributed by atoms with Crippen molar-refractivity contribution in [3.05, 3.63) is 85.2 Å². The van der Waals surface area contributed by atoms with Crippen molar-refractivity contribution in [1.29, 1.82) is 0 Å². The molecule has 1 N–H and O–H groups in total. The van der Waals surface area contributed by atoms with Crippen LogP contribution in [0.4, 0.5) is 0 Å². The highest BCUT2D eigenvalue weighted by Gasteiger charge is 2.23. The normalized spacial score (nSPS) is 16.2. The predicted octanol–water partition coefficient (Wildman–Crippen LogP) is 3.76. The number of aromatic nitrogens is 2. The molecule has 6 heteroatoms. The van der Waals surface area contributed by atoms with Gasteiger partial charge in [0.1, 0.15) is 0 Å². The highest BCUT2D eigenvalue weighted by molar-refractivity contribution is 7.12. The zero-order valence-corrected chi connectivity index (χ0v) is 18.2. The minimum atomic E-state index is -0.0152. The molecule has 31 heavy (non-hydrogen) atoms. The summed E-state index contributed by atoms with van der Waals surface area (Å²) in [5.41, 5.74) is 3.70. The first-order valence-corrected chi connectivity index (χ1v) is 11.6. The van der Waals surface area contributed by atoms with Crippen LogP contribution in [0.2, 0.25) is 0 Å². The number of thiophene rings is 1. The van der Waals surface area contributed by atoms with Crippen molar-refractivity contribution in [2.45, 2.75) is 38.8 Å². The molecule has 0 aliphatic carbocycles. The first-order valence-electron chi connectivity index (χ1n) is 10.8. The number of nitrogens with zero attached hydrogens (tertiary/aromatic N) is 3. The molecular formula is C25H24N4OS. The number of fused-ring (bicyclic) bond motifs is 1. The van der Waals surface area contributed by atoms with Crippen LogP contribution in [0.25, 0.3) is 0 Å². The Labute approximate surface area is 185 Å². The van der Waals surface area contributed by atoms with E-state index >= 15 is 0 Å². The van der Waals surface area contributed by atoms with E-state index in [1.807, 2.05) is 30.3 Å². The van der Waals surface area contributed by atoms with E-state index in [-0.39, 0.29) is 5.56 Å². The molecule has 0 amide bonds. The topological polar surface area (TPSA) is 61.4 Å². The van der Waals surface area contributed by atoms with Crippen molar-refractivity contribution in [1.82, 2.24) is 14.9 Å². The largest absolute Gasteiger partial charge is 0.305 e. The fourth-order valence-electron chi connectivity index (χ4n) is 4.05. The van der Waals surface area contributed by atoms with Crippen molar-refractivity contribution in [2.24, 2.45) is 4.99 Å². The molecule has 5 nitrogen and oxygen atoms in total. The minimum Gasteiger partial charge on any atom is -0.305 e. The van der Waals surface area contributed by atoms with Gasteiger partial charge in [0.25, 0.3) is 5.56 Å². The molecule has 2 aliphatic rings. The maximum Gasteiger partial charge on any atom is 0.255 e. The van der Waals surface area contributed by atoms with Crippen LogP contribution in [0.3, 0.4) is 0 Å². The Hall–Kier alpha value is -3.01. The molecule has 0 saturated carbocycles. The second-order valence-corrected chi connectivity index (χ2v) is 9.14. The highest BCUT2D eigenvalue weighted by atomic mass is 32.1. The Morgan fingerprint density at radius 3 is 2.81 bits per heavy atom. The third-order valence-electron chi connectivity index (χ3n) is 5.69. The molecule has 0 spiro atoms. The summed E-state index contributed by atoms with van der Waals surface area (Å²) in [6, 6.07) is 14.3. The number of hydrogen-bond donors (Lipinski definition) is 1. The lowest BCUT2D eigenvalue weighted by Gasteiger charge is -2.27. The van der Waals surface area contributed by atoms with E-state index in [4.69, 9.17) is 4.98 Å². The number of hydrogen-bond acceptors (Lipinski definition) is 5. The number of aliphatic imine (C=N–C) groups is 1. The fourth-order valence-corrected chi connectivity index (χ4v) is 4.95. The third kappa shape index (κ3) is 4.68. The van der Waals surface area contributed by atoms with E-state index in [2.05, 4.69) is 38.8 Å². The predicted molar refractivity (Wildman–Crippen MR) is 125 cm³/mol. The molecular weight excluding hydrogens is 404 g/mol. The van der Waals surface area contributed by atoms with Gasteiger partial charge in [-0.25, -0.2) is 4.98 Å². The van der Waals surface area contributed by atoms with Crippen LogP contribution < -0.4 is 5.56 Å². The molecule has 5 rings (SSSR count). The minimum absolute atomic E-state index is 0.0152. The van der Waals surface area contributed by atoms with Gasteiger partial charge in [0, 0.05) is 43.0 Å². The lowest BCUT2D eigenvalue weighted by molar-refractivity contribution is 0.244. The molecule has 4 heterocycles. The van der Waals surface area contributed by atoms with Gasteiger partial charge in [-0.2, -0.15) is 0 Å². The summed E-state index contributed by atoms with van der Waals surface area (Å²) in [6.07, 6.45) is 3.94. The maximum atomic E-state index is 12.8. The lowest BCUT2D eigenvalue weighted by Crippen LogP contribution is -2.36. The standard InChI is InChI=1S/C25H24N4OS/c30-25-21-17-29(15-13-22(21)27-24(28-25)23-8-4-5-14-26-23)16-20-12-11-19(31-20)10-9-18-6-2-1-3-7-18/h1-3,6-7,11-12H,4-5,8,13-17H2,(H,27,28,30). The second kappa shape index (κ2) is 9.01. The average molecular weight is 429 g/mol. The Kier molecular flexibility index (Phi) is 5.79. The van der Waals surface area contributed by atoms with Crippen LogP contribution in [-0.2, 0) is 19.5 Å². The van der Waals surface area contributed by atoms with Gasteiger partial charge in [-0.15, -0.1) is 11.3 Å². The molecule has 1 aromatic carbocycles. The molecule has 156 valence electrons. The number of rotatable bonds is 3. The van der Waals surface area contributed by atoms with Gasteiger partial charge in [0.2, 0.25) is 0 Å². The quantitative estimate of drug-likeness (QED) is 0.646. The molecule has 2 aliphatic heterocycles. The third-order valence-corrected chi connectivity index (χ3v) is 6.68. The van der Waals surface area contributed by atoms with Crippen LogP contribution >= 0.6 is 11.3 Å². The van der Waals surface area contributed by atoms with E-state index < -0.39 is 0 Å². The summed E-state index contributed by atoms with van der Waals surface area (Å²) >= 11 is 1.72. The molecule has 0 atom stereocenters. The first-order chi connectivity index (χ1) is 15.2. The van der Waals surface area contributed by atoms with Gasteiger partial charge in [-0.1, -0.05) is 30.0 Å². The Morgan fingerprint density at radius 2 is 1.97 bits per heavy atom. The van der Waals surface area contributed by atoms with Gasteiger partial charge < -0.3 is 4.98 Å². The Morgan fingerprint density at radius 1 is 1.06 bits per heavy atom. The number of H-pyrrole nitrogens is 1. The summed E-state index contributed by atoms with van der Waals surface area (Å²) in [5.74, 6) is 7.15. The van der Waals surface area contributed by atoms with Gasteiger partial charge in [0.15, 0.2) is 5.82 Å². The molecule has 0 fully saturated rings. The van der Waals surface area contributed by atoms with Gasteiger partial charge in [-0.3, -0.25) is 14.7 Å². The van der Waals surface area contributed by atoms with Crippen LogP contribution in [0, 0.1) is 11.8 Å². The van der Waals surface area contributed by atoms with Gasteiger partial charge in [-0.05, 0) is 43.5 Å². The summed E-state index contributed by atoms with van der Waals surface area (Å²) < 4.78 is 0. The van der Waals surface area contributed by atoms with Crippen LogP contribution in [-0.4, -0.2) is 33.7 Å². The SMILES string of the molecule is O=c1[nH]c(C2=NCCCC2)nc2c1CN(Cc1ccc(C#Cc3ccccc3)s1)CC2. The van der Waals surface area contributed by atoms with E-state index in [9.17, 15) is 4.79 Å². The smallest absolute Gasteiger partial charge is 0.255 e. The number of aromatic amines is 1. The van der Waals surface area contributed by atoms with E-state index in [0.29, 0.717) is 12.4 Å². The molecule has 0 radical (unpaired) electrons. The number of nitrogens with one attached hydrogen (secondary N) is 1. The summed E-state index contributed by atoms with van der Waals surface area (Å²) in [5, 5.41) is 0. The highest BCUT2D eigenvalue weighted by Crippen LogP contribution is 2.22. The van der Waals surface area contributed by atoms with Crippen molar-refractivity contribution < 1.29 is 0 Å². The second-order valence-electron chi connectivity index (χ2n) is 7.97. The first kappa shape index (κ1) is 19.9.